The number of nitrogens with one attached hydrogen (secondary N) is 2. The van der Waals surface area contributed by atoms with E-state index in [1.54, 1.807) is 23.9 Å². The zero-order valence-corrected chi connectivity index (χ0v) is 31.4. The van der Waals surface area contributed by atoms with Gasteiger partial charge in [-0.3, -0.25) is 0 Å². The van der Waals surface area contributed by atoms with Crippen LogP contribution in [-0.4, -0.2) is 53.2 Å². The summed E-state index contributed by atoms with van der Waals surface area (Å²) in [6.45, 7) is 2.29. The third-order valence-corrected chi connectivity index (χ3v) is 10.8. The Hall–Kier alpha value is -5.46. The Morgan fingerprint density at radius 2 is 1.47 bits per heavy atom. The highest BCUT2D eigenvalue weighted by Crippen LogP contribution is 2.43. The van der Waals surface area contributed by atoms with Crippen LogP contribution in [-0.2, 0) is 38.6 Å². The smallest absolute Gasteiger partial charge is 0.335 e. The molecule has 1 aliphatic rings. The second-order valence-corrected chi connectivity index (χ2v) is 14.4. The van der Waals surface area contributed by atoms with E-state index in [1.165, 1.54) is 7.11 Å². The number of rotatable bonds is 14. The van der Waals surface area contributed by atoms with Crippen LogP contribution in [0.1, 0.15) is 57.5 Å². The number of carboxylic acid groups (broad SMARTS) is 1. The maximum Gasteiger partial charge on any atom is 0.335 e. The fourth-order valence-corrected chi connectivity index (χ4v) is 7.60. The summed E-state index contributed by atoms with van der Waals surface area (Å²) in [4.78, 5) is 37.7. The number of methoxy groups -OCH3 is 1. The Morgan fingerprint density at radius 1 is 0.800 bits per heavy atom. The first-order valence-corrected chi connectivity index (χ1v) is 19.0. The Kier molecular flexibility index (Phi) is 13.4. The fraction of sp³-hybridized carbons (Fsp3) is 0.250. The highest BCUT2D eigenvalue weighted by atomic mass is 32.2. The van der Waals surface area contributed by atoms with Crippen LogP contribution in [0.15, 0.2) is 132 Å². The number of esters is 1. The van der Waals surface area contributed by atoms with Gasteiger partial charge in [0.25, 0.3) is 0 Å². The topological polar surface area (TPSA) is 143 Å². The van der Waals surface area contributed by atoms with E-state index in [1.807, 2.05) is 115 Å². The van der Waals surface area contributed by atoms with Crippen molar-refractivity contribution >= 4 is 29.7 Å². The molecule has 1 fully saturated rings. The summed E-state index contributed by atoms with van der Waals surface area (Å²) >= 11 is 1.60. The zero-order valence-electron chi connectivity index (χ0n) is 30.6. The van der Waals surface area contributed by atoms with Gasteiger partial charge in [0.05, 0.1) is 31.5 Å². The van der Waals surface area contributed by atoms with Crippen molar-refractivity contribution in [2.24, 2.45) is 5.92 Å². The molecule has 1 heterocycles. The zero-order chi connectivity index (χ0) is 38.7. The number of carboxylic acids is 1. The minimum absolute atomic E-state index is 0.0147. The molecule has 55 heavy (non-hydrogen) atoms. The Balaban J connectivity index is 1.16. The predicted molar refractivity (Wildman–Crippen MR) is 210 cm³/mol. The van der Waals surface area contributed by atoms with Gasteiger partial charge in [0.1, 0.15) is 6.04 Å². The van der Waals surface area contributed by atoms with Crippen LogP contribution < -0.4 is 10.6 Å². The molecule has 4 N–H and O–H groups in total. The number of thioether (sulfide) groups is 1. The van der Waals surface area contributed by atoms with Crippen LogP contribution in [0.25, 0.3) is 11.1 Å². The van der Waals surface area contributed by atoms with E-state index in [9.17, 15) is 24.6 Å². The van der Waals surface area contributed by atoms with Crippen molar-refractivity contribution < 1.29 is 38.8 Å². The number of aliphatic hydroxyl groups excluding tert-OH is 1. The number of carbonyl (C=O) groups is 3. The monoisotopic (exact) mass is 760 g/mol. The van der Waals surface area contributed by atoms with Gasteiger partial charge in [0.15, 0.2) is 6.29 Å². The molecule has 1 aliphatic heterocycles. The molecule has 1 saturated heterocycles. The number of hydrogen-bond acceptors (Lipinski definition) is 8. The molecular weight excluding hydrogens is 717 g/mol. The quantitative estimate of drug-likeness (QED) is 0.0661. The molecule has 5 aromatic carbocycles. The second-order valence-electron chi connectivity index (χ2n) is 13.3. The summed E-state index contributed by atoms with van der Waals surface area (Å²) in [5.41, 5.74) is 6.55. The van der Waals surface area contributed by atoms with Gasteiger partial charge >= 0.3 is 18.0 Å². The number of aliphatic hydroxyl groups is 1. The van der Waals surface area contributed by atoms with Gasteiger partial charge in [-0.05, 0) is 57.6 Å². The summed E-state index contributed by atoms with van der Waals surface area (Å²) in [6, 6.07) is 38.5. The van der Waals surface area contributed by atoms with Crippen LogP contribution in [0.2, 0.25) is 0 Å². The third kappa shape index (κ3) is 10.2. The molecule has 0 unspecified atom stereocenters. The van der Waals surface area contributed by atoms with Crippen molar-refractivity contribution in [3.8, 4) is 11.1 Å². The van der Waals surface area contributed by atoms with E-state index in [2.05, 4.69) is 17.6 Å². The predicted octanol–water partition coefficient (Wildman–Crippen LogP) is 7.71. The van der Waals surface area contributed by atoms with Gasteiger partial charge in [0, 0.05) is 35.1 Å². The molecule has 0 radical (unpaired) electrons. The lowest BCUT2D eigenvalue weighted by Crippen LogP contribution is -2.47. The molecule has 5 atom stereocenters. The number of amides is 2. The molecule has 0 bridgehead atoms. The average Bonchev–Trinajstić information content (AvgIpc) is 3.22. The molecule has 5 aromatic rings. The van der Waals surface area contributed by atoms with Gasteiger partial charge in [-0.25, -0.2) is 14.4 Å². The van der Waals surface area contributed by atoms with Crippen molar-refractivity contribution in [1.82, 2.24) is 10.6 Å². The maximum absolute atomic E-state index is 13.0. The standard InChI is InChI=1S/C44H44N2O8S/c1-28-39(27-55-36-22-20-33(21-23-36)41(48)49)53-43(54-40(28)32-14-12-30(26-47)13-15-32)34-18-16-31(17-19-34)37-11-7-6-10-35(37)25-45-44(51)46-38(42(50)52-2)24-29-8-4-3-5-9-29/h3-23,28,38-40,43,47H,24-27H2,1-2H3,(H,48,49)(H2,45,46,51)/t28-,38+,39+,40+,43+/m1/s1. The van der Waals surface area contributed by atoms with Crippen molar-refractivity contribution in [3.63, 3.8) is 0 Å². The van der Waals surface area contributed by atoms with E-state index >= 15 is 0 Å². The van der Waals surface area contributed by atoms with Gasteiger partial charge < -0.3 is 35.1 Å². The maximum atomic E-state index is 13.0. The lowest BCUT2D eigenvalue weighted by atomic mass is 9.91. The van der Waals surface area contributed by atoms with E-state index in [0.29, 0.717) is 12.2 Å². The van der Waals surface area contributed by atoms with Crippen LogP contribution >= 0.6 is 11.8 Å². The van der Waals surface area contributed by atoms with Crippen LogP contribution in [0.4, 0.5) is 4.79 Å². The number of ether oxygens (including phenoxy) is 3. The SMILES string of the molecule is COC(=O)[C@H](Cc1ccccc1)NC(=O)NCc1ccccc1-c1ccc([C@H]2O[C@@H](CSc3ccc(C(=O)O)cc3)[C@@H](C)[C@@H](c3ccc(CO)cc3)O2)cc1. The first kappa shape index (κ1) is 39.2. The van der Waals surface area contributed by atoms with Crippen molar-refractivity contribution in [1.29, 1.82) is 0 Å². The molecular formula is C44H44N2O8S. The van der Waals surface area contributed by atoms with Crippen LogP contribution in [0.5, 0.6) is 0 Å². The normalized spacial score (nSPS) is 18.5. The first-order valence-electron chi connectivity index (χ1n) is 18.0. The fourth-order valence-electron chi connectivity index (χ4n) is 6.53. The van der Waals surface area contributed by atoms with Gasteiger partial charge in [0.2, 0.25) is 0 Å². The van der Waals surface area contributed by atoms with E-state index < -0.39 is 30.3 Å². The molecule has 2 amide bonds. The van der Waals surface area contributed by atoms with E-state index in [-0.39, 0.29) is 36.8 Å². The van der Waals surface area contributed by atoms with Gasteiger partial charge in [-0.1, -0.05) is 110 Å². The molecule has 0 aromatic heterocycles. The largest absolute Gasteiger partial charge is 0.478 e. The summed E-state index contributed by atoms with van der Waals surface area (Å²) in [5, 5.41) is 24.5. The summed E-state index contributed by atoms with van der Waals surface area (Å²) in [6.07, 6.45) is -0.840. The lowest BCUT2D eigenvalue weighted by molar-refractivity contribution is -0.268. The first-order chi connectivity index (χ1) is 26.7. The van der Waals surface area contributed by atoms with Gasteiger partial charge in [-0.15, -0.1) is 11.8 Å². The average molecular weight is 761 g/mol. The second kappa shape index (κ2) is 18.7. The third-order valence-electron chi connectivity index (χ3n) is 9.66. The summed E-state index contributed by atoms with van der Waals surface area (Å²) < 4.78 is 18.2. The lowest BCUT2D eigenvalue weighted by Gasteiger charge is -2.41. The van der Waals surface area contributed by atoms with Crippen molar-refractivity contribution in [3.05, 3.63) is 161 Å². The van der Waals surface area contributed by atoms with E-state index in [4.69, 9.17) is 14.2 Å². The number of hydrogen-bond donors (Lipinski definition) is 4. The highest BCUT2D eigenvalue weighted by Gasteiger charge is 2.38. The van der Waals surface area contributed by atoms with Crippen molar-refractivity contribution in [2.75, 3.05) is 12.9 Å². The molecule has 11 heteroatoms. The summed E-state index contributed by atoms with van der Waals surface area (Å²) in [5.74, 6) is -0.880. The van der Waals surface area contributed by atoms with Crippen molar-refractivity contribution in [2.45, 2.75) is 55.9 Å². The minimum Gasteiger partial charge on any atom is -0.478 e. The molecule has 284 valence electrons. The minimum atomic E-state index is -0.963. The Bertz CT molecular complexity index is 2040. The summed E-state index contributed by atoms with van der Waals surface area (Å²) in [7, 11) is 1.30. The Morgan fingerprint density at radius 3 is 2.15 bits per heavy atom. The Labute approximate surface area is 324 Å². The van der Waals surface area contributed by atoms with Crippen LogP contribution in [0, 0.1) is 5.92 Å². The highest BCUT2D eigenvalue weighted by molar-refractivity contribution is 7.99. The molecule has 0 saturated carbocycles. The van der Waals surface area contributed by atoms with Crippen LogP contribution in [0.3, 0.4) is 0 Å². The molecule has 0 aliphatic carbocycles. The van der Waals surface area contributed by atoms with E-state index in [0.717, 1.165) is 43.8 Å². The number of aromatic carboxylic acids is 1. The van der Waals surface area contributed by atoms with Gasteiger partial charge in [-0.2, -0.15) is 0 Å². The number of carbonyl (C=O) groups excluding carboxylic acids is 2. The molecule has 6 rings (SSSR count). The number of urea groups is 1. The number of benzene rings is 5. The molecule has 0 spiro atoms. The molecule has 10 nitrogen and oxygen atoms in total.